The fourth-order valence-electron chi connectivity index (χ4n) is 0.234. The summed E-state index contributed by atoms with van der Waals surface area (Å²) in [5.74, 6) is 0. The van der Waals surface area contributed by atoms with Crippen LogP contribution in [0.4, 0.5) is 9.18 Å². The van der Waals surface area contributed by atoms with E-state index in [9.17, 15) is 9.18 Å². The molecule has 0 aromatic carbocycles. The maximum Gasteiger partial charge on any atom is 0.404 e. The molecule has 0 aromatic heterocycles. The first-order valence-corrected chi connectivity index (χ1v) is 2.40. The molecule has 4 N–H and O–H groups in total. The molecule has 54 valence electrons. The first-order valence-electron chi connectivity index (χ1n) is 2.40. The van der Waals surface area contributed by atoms with Crippen LogP contribution in [0.1, 0.15) is 0 Å². The van der Waals surface area contributed by atoms with Gasteiger partial charge in [-0.3, -0.25) is 0 Å². The zero-order chi connectivity index (χ0) is 7.28. The van der Waals surface area contributed by atoms with Crippen LogP contribution < -0.4 is 11.5 Å². The topological polar surface area (TPSA) is 78.3 Å². The minimum atomic E-state index is -0.932. The molecule has 0 fully saturated rings. The lowest BCUT2D eigenvalue weighted by atomic mass is 10.4. The van der Waals surface area contributed by atoms with E-state index in [1.54, 1.807) is 0 Å². The Labute approximate surface area is 52.0 Å². The average molecular weight is 136 g/mol. The SMILES string of the molecule is NC(=O)OCC(N)CF. The molecule has 0 bridgehead atoms. The van der Waals surface area contributed by atoms with Crippen LogP contribution in [0.3, 0.4) is 0 Å². The molecule has 0 saturated heterocycles. The van der Waals surface area contributed by atoms with Gasteiger partial charge in [0.05, 0.1) is 6.04 Å². The predicted octanol–water partition coefficient (Wildman–Crippen LogP) is -0.621. The van der Waals surface area contributed by atoms with E-state index in [-0.39, 0.29) is 6.61 Å². The molecular formula is C4H9FN2O2. The second-order valence-corrected chi connectivity index (χ2v) is 1.54. The highest BCUT2D eigenvalue weighted by Gasteiger charge is 2.02. The number of amides is 1. The fraction of sp³-hybridized carbons (Fsp3) is 0.750. The van der Waals surface area contributed by atoms with Crippen molar-refractivity contribution in [3.05, 3.63) is 0 Å². The third-order valence-electron chi connectivity index (χ3n) is 0.638. The van der Waals surface area contributed by atoms with Crippen molar-refractivity contribution in [2.24, 2.45) is 11.5 Å². The van der Waals surface area contributed by atoms with Crippen LogP contribution in [0.5, 0.6) is 0 Å². The van der Waals surface area contributed by atoms with Gasteiger partial charge < -0.3 is 16.2 Å². The van der Waals surface area contributed by atoms with Crippen LogP contribution in [0.15, 0.2) is 0 Å². The number of rotatable bonds is 3. The van der Waals surface area contributed by atoms with E-state index in [4.69, 9.17) is 5.73 Å². The van der Waals surface area contributed by atoms with Crippen molar-refractivity contribution in [3.63, 3.8) is 0 Å². The molecule has 1 unspecified atom stereocenters. The Balaban J connectivity index is 3.16. The highest BCUT2D eigenvalue weighted by atomic mass is 19.1. The highest BCUT2D eigenvalue weighted by Crippen LogP contribution is 1.81. The van der Waals surface area contributed by atoms with Crippen molar-refractivity contribution in [1.82, 2.24) is 0 Å². The van der Waals surface area contributed by atoms with E-state index in [2.05, 4.69) is 10.5 Å². The average Bonchev–Trinajstić information content (AvgIpc) is 1.83. The second-order valence-electron chi connectivity index (χ2n) is 1.54. The molecule has 4 nitrogen and oxygen atoms in total. The van der Waals surface area contributed by atoms with E-state index >= 15 is 0 Å². The lowest BCUT2D eigenvalue weighted by Crippen LogP contribution is -2.31. The molecule has 0 aromatic rings. The third kappa shape index (κ3) is 5.02. The molecule has 5 heteroatoms. The Morgan fingerprint density at radius 2 is 2.33 bits per heavy atom. The number of halogens is 1. The van der Waals surface area contributed by atoms with Crippen molar-refractivity contribution in [2.45, 2.75) is 6.04 Å². The minimum absolute atomic E-state index is 0.161. The Morgan fingerprint density at radius 1 is 1.78 bits per heavy atom. The van der Waals surface area contributed by atoms with Gasteiger partial charge in [0.25, 0.3) is 0 Å². The van der Waals surface area contributed by atoms with E-state index in [0.717, 1.165) is 0 Å². The van der Waals surface area contributed by atoms with Gasteiger partial charge in [0, 0.05) is 0 Å². The summed E-state index contributed by atoms with van der Waals surface area (Å²) in [7, 11) is 0. The van der Waals surface area contributed by atoms with E-state index in [1.165, 1.54) is 0 Å². The first-order chi connectivity index (χ1) is 4.16. The first kappa shape index (κ1) is 8.16. The van der Waals surface area contributed by atoms with Gasteiger partial charge in [0.15, 0.2) is 0 Å². The molecular weight excluding hydrogens is 127 g/mol. The monoisotopic (exact) mass is 136 g/mol. The summed E-state index contributed by atoms with van der Waals surface area (Å²) in [6, 6.07) is -0.752. The van der Waals surface area contributed by atoms with Crippen LogP contribution >= 0.6 is 0 Å². The summed E-state index contributed by atoms with van der Waals surface area (Å²) >= 11 is 0. The molecule has 1 atom stereocenters. The predicted molar refractivity (Wildman–Crippen MR) is 29.5 cm³/mol. The number of hydrogen-bond acceptors (Lipinski definition) is 3. The standard InChI is InChI=1S/C4H9FN2O2/c5-1-3(6)2-9-4(7)8/h3H,1-2,6H2,(H2,7,8). The number of ether oxygens (including phenoxy) is 1. The number of alkyl halides is 1. The molecule has 0 rings (SSSR count). The Hall–Kier alpha value is -0.840. The summed E-state index contributed by atoms with van der Waals surface area (Å²) in [5, 5.41) is 0. The largest absolute Gasteiger partial charge is 0.448 e. The Morgan fingerprint density at radius 3 is 2.67 bits per heavy atom. The van der Waals surface area contributed by atoms with Crippen LogP contribution in [0.25, 0.3) is 0 Å². The Kier molecular flexibility index (Phi) is 3.70. The quantitative estimate of drug-likeness (QED) is 0.542. The van der Waals surface area contributed by atoms with Gasteiger partial charge >= 0.3 is 6.09 Å². The number of hydrogen-bond donors (Lipinski definition) is 2. The summed E-state index contributed by atoms with van der Waals surface area (Å²) in [5.41, 5.74) is 9.57. The smallest absolute Gasteiger partial charge is 0.404 e. The Bertz CT molecular complexity index is 98.6. The number of carbonyl (C=O) groups excluding carboxylic acids is 1. The third-order valence-corrected chi connectivity index (χ3v) is 0.638. The van der Waals surface area contributed by atoms with Crippen molar-refractivity contribution in [2.75, 3.05) is 13.3 Å². The molecule has 0 aliphatic rings. The van der Waals surface area contributed by atoms with Crippen molar-refractivity contribution >= 4 is 6.09 Å². The van der Waals surface area contributed by atoms with Gasteiger partial charge in [-0.15, -0.1) is 0 Å². The summed E-state index contributed by atoms with van der Waals surface area (Å²) in [4.78, 5) is 9.84. The maximum atomic E-state index is 11.5. The lowest BCUT2D eigenvalue weighted by Gasteiger charge is -2.04. The van der Waals surface area contributed by atoms with E-state index < -0.39 is 18.8 Å². The summed E-state index contributed by atoms with van der Waals surface area (Å²) in [6.45, 7) is -0.876. The van der Waals surface area contributed by atoms with Crippen LogP contribution in [0.2, 0.25) is 0 Å². The van der Waals surface area contributed by atoms with Crippen molar-refractivity contribution in [1.29, 1.82) is 0 Å². The maximum absolute atomic E-state index is 11.5. The molecule has 0 spiro atoms. The van der Waals surface area contributed by atoms with Gasteiger partial charge in [-0.05, 0) is 0 Å². The molecule has 0 radical (unpaired) electrons. The number of carbonyl (C=O) groups is 1. The molecule has 0 aliphatic carbocycles. The zero-order valence-corrected chi connectivity index (χ0v) is 4.84. The molecule has 0 saturated carbocycles. The normalized spacial score (nSPS) is 12.7. The lowest BCUT2D eigenvalue weighted by molar-refractivity contribution is 0.144. The van der Waals surface area contributed by atoms with Crippen LogP contribution in [-0.4, -0.2) is 25.4 Å². The van der Waals surface area contributed by atoms with E-state index in [0.29, 0.717) is 0 Å². The van der Waals surface area contributed by atoms with Crippen LogP contribution in [0, 0.1) is 0 Å². The second kappa shape index (κ2) is 4.08. The summed E-state index contributed by atoms with van der Waals surface area (Å²) in [6.07, 6.45) is -0.932. The van der Waals surface area contributed by atoms with E-state index in [1.807, 2.05) is 0 Å². The molecule has 9 heavy (non-hydrogen) atoms. The molecule has 0 heterocycles. The minimum Gasteiger partial charge on any atom is -0.448 e. The van der Waals surface area contributed by atoms with Gasteiger partial charge in [-0.2, -0.15) is 0 Å². The molecule has 1 amide bonds. The zero-order valence-electron chi connectivity index (χ0n) is 4.84. The van der Waals surface area contributed by atoms with Crippen molar-refractivity contribution < 1.29 is 13.9 Å². The number of primary amides is 1. The van der Waals surface area contributed by atoms with Gasteiger partial charge in [-0.25, -0.2) is 9.18 Å². The van der Waals surface area contributed by atoms with Crippen molar-refractivity contribution in [3.8, 4) is 0 Å². The van der Waals surface area contributed by atoms with Gasteiger partial charge in [0.2, 0.25) is 0 Å². The fourth-order valence-corrected chi connectivity index (χ4v) is 0.234. The van der Waals surface area contributed by atoms with Gasteiger partial charge in [0.1, 0.15) is 13.3 Å². The molecule has 0 aliphatic heterocycles. The summed E-state index contributed by atoms with van der Waals surface area (Å²) < 4.78 is 15.6. The van der Waals surface area contributed by atoms with Crippen LogP contribution in [-0.2, 0) is 4.74 Å². The highest BCUT2D eigenvalue weighted by molar-refractivity contribution is 5.64. The van der Waals surface area contributed by atoms with Gasteiger partial charge in [-0.1, -0.05) is 0 Å². The number of nitrogens with two attached hydrogens (primary N) is 2.